The summed E-state index contributed by atoms with van der Waals surface area (Å²) in [5.41, 5.74) is -2.53. The Balaban J connectivity index is 1.68. The van der Waals surface area contributed by atoms with Crippen molar-refractivity contribution in [1.82, 2.24) is 0 Å². The zero-order valence-corrected chi connectivity index (χ0v) is 21.8. The maximum atomic E-state index is 12.9. The van der Waals surface area contributed by atoms with Crippen LogP contribution in [0.1, 0.15) is 66.2 Å². The molecular weight excluding hydrogens is 484 g/mol. The van der Waals surface area contributed by atoms with Crippen LogP contribution in [0.15, 0.2) is 11.6 Å². The van der Waals surface area contributed by atoms with Gasteiger partial charge in [0.05, 0.1) is 12.0 Å². The Bertz CT molecular complexity index is 1020. The van der Waals surface area contributed by atoms with Crippen LogP contribution in [0.3, 0.4) is 0 Å². The van der Waals surface area contributed by atoms with E-state index in [1.807, 2.05) is 13.8 Å². The molecule has 4 rings (SSSR count). The molecule has 10 heteroatoms. The molecule has 4 aliphatic rings. The molecule has 10 atom stereocenters. The molecule has 3 fully saturated rings. The molecule has 37 heavy (non-hydrogen) atoms. The highest BCUT2D eigenvalue weighted by molar-refractivity contribution is 5.93. The first-order valence-electron chi connectivity index (χ1n) is 13.1. The molecule has 0 aliphatic heterocycles. The van der Waals surface area contributed by atoms with E-state index in [1.165, 1.54) is 6.92 Å². The van der Waals surface area contributed by atoms with Gasteiger partial charge in [0, 0.05) is 11.8 Å². The Morgan fingerprint density at radius 3 is 2.41 bits per heavy atom. The second kappa shape index (κ2) is 9.55. The van der Waals surface area contributed by atoms with Gasteiger partial charge in [0.1, 0.15) is 12.2 Å². The number of aliphatic hydroxyl groups is 4. The summed E-state index contributed by atoms with van der Waals surface area (Å²) in [7, 11) is 0. The van der Waals surface area contributed by atoms with Gasteiger partial charge in [0.15, 0.2) is 17.7 Å². The fraction of sp³-hybridized carbons (Fsp3) is 0.778. The molecule has 0 amide bonds. The van der Waals surface area contributed by atoms with Crippen molar-refractivity contribution in [2.75, 3.05) is 6.61 Å². The first-order valence-corrected chi connectivity index (χ1v) is 13.1. The third kappa shape index (κ3) is 4.07. The van der Waals surface area contributed by atoms with Gasteiger partial charge in [-0.15, -0.1) is 0 Å². The molecule has 0 aromatic carbocycles. The number of carbonyl (C=O) groups excluding carboxylic acids is 4. The molecule has 0 saturated heterocycles. The highest BCUT2D eigenvalue weighted by Crippen LogP contribution is 2.69. The molecule has 4 aliphatic carbocycles. The van der Waals surface area contributed by atoms with Crippen LogP contribution in [0.25, 0.3) is 0 Å². The molecule has 0 radical (unpaired) electrons. The van der Waals surface area contributed by atoms with Crippen molar-refractivity contribution in [3.05, 3.63) is 11.6 Å². The Hall–Kier alpha value is -2.14. The lowest BCUT2D eigenvalue weighted by Crippen LogP contribution is -2.63. The van der Waals surface area contributed by atoms with Crippen molar-refractivity contribution in [3.63, 3.8) is 0 Å². The fourth-order valence-corrected chi connectivity index (χ4v) is 8.48. The lowest BCUT2D eigenvalue weighted by Gasteiger charge is -2.62. The molecule has 0 aromatic heterocycles. The van der Waals surface area contributed by atoms with Crippen LogP contribution in [0.4, 0.5) is 0 Å². The third-order valence-corrected chi connectivity index (χ3v) is 10.4. The number of aliphatic hydroxyl groups excluding tert-OH is 3. The first-order chi connectivity index (χ1) is 17.2. The Labute approximate surface area is 215 Å². The highest BCUT2D eigenvalue weighted by Gasteiger charge is 2.69. The highest BCUT2D eigenvalue weighted by atomic mass is 17.2. The number of hydrogen-bond donors (Lipinski definition) is 4. The third-order valence-electron chi connectivity index (χ3n) is 10.4. The van der Waals surface area contributed by atoms with E-state index in [-0.39, 0.29) is 42.8 Å². The van der Waals surface area contributed by atoms with Crippen LogP contribution in [-0.2, 0) is 29.0 Å². The van der Waals surface area contributed by atoms with E-state index in [9.17, 15) is 39.6 Å². The summed E-state index contributed by atoms with van der Waals surface area (Å²) in [5, 5.41) is 41.9. The summed E-state index contributed by atoms with van der Waals surface area (Å²) in [6.45, 7) is 5.79. The number of fused-ring (bicyclic) bond motifs is 5. The average molecular weight is 523 g/mol. The van der Waals surface area contributed by atoms with Gasteiger partial charge in [-0.1, -0.05) is 26.3 Å². The SMILES string of the molecule is CC(O)C(=O)OOC(=O)C(C)C1CC(=O)C=C2CC[C@@H]3[C@H]([C@@H](O)C[C@@]4(C)[C@H]3CC[C@]4(O)C(=O)CO)[C@]21C. The summed E-state index contributed by atoms with van der Waals surface area (Å²) >= 11 is 0. The molecule has 0 spiro atoms. The van der Waals surface area contributed by atoms with Crippen molar-refractivity contribution in [3.8, 4) is 0 Å². The zero-order valence-electron chi connectivity index (χ0n) is 21.8. The number of hydrogen-bond acceptors (Lipinski definition) is 10. The summed E-state index contributed by atoms with van der Waals surface area (Å²) in [6.07, 6.45) is 1.44. The van der Waals surface area contributed by atoms with E-state index in [0.29, 0.717) is 19.3 Å². The minimum Gasteiger partial charge on any atom is -0.393 e. The van der Waals surface area contributed by atoms with Crippen LogP contribution >= 0.6 is 0 Å². The monoisotopic (exact) mass is 522 g/mol. The Kier molecular flexibility index (Phi) is 7.20. The number of rotatable bonds is 5. The van der Waals surface area contributed by atoms with Crippen molar-refractivity contribution >= 4 is 23.5 Å². The lowest BCUT2D eigenvalue weighted by molar-refractivity contribution is -0.269. The molecule has 0 heterocycles. The molecule has 3 unspecified atom stereocenters. The maximum Gasteiger partial charge on any atom is 0.383 e. The molecule has 10 nitrogen and oxygen atoms in total. The van der Waals surface area contributed by atoms with Crippen molar-refractivity contribution in [2.45, 2.75) is 84.0 Å². The molecule has 3 saturated carbocycles. The second-order valence-electron chi connectivity index (χ2n) is 12.0. The quantitative estimate of drug-likeness (QED) is 0.302. The van der Waals surface area contributed by atoms with Gasteiger partial charge in [0.2, 0.25) is 0 Å². The van der Waals surface area contributed by atoms with Gasteiger partial charge in [-0.05, 0) is 74.2 Å². The van der Waals surface area contributed by atoms with Gasteiger partial charge in [-0.25, -0.2) is 19.4 Å². The molecule has 0 bridgehead atoms. The molecule has 0 aromatic rings. The molecular formula is C27H38O10. The predicted octanol–water partition coefficient (Wildman–Crippen LogP) is 1.03. The van der Waals surface area contributed by atoms with Crippen LogP contribution in [0.5, 0.6) is 0 Å². The van der Waals surface area contributed by atoms with E-state index < -0.39 is 64.8 Å². The van der Waals surface area contributed by atoms with Crippen molar-refractivity contribution in [1.29, 1.82) is 0 Å². The van der Waals surface area contributed by atoms with Crippen molar-refractivity contribution in [2.24, 2.45) is 40.4 Å². The van der Waals surface area contributed by atoms with Gasteiger partial charge < -0.3 is 20.4 Å². The maximum absolute atomic E-state index is 12.9. The van der Waals surface area contributed by atoms with E-state index in [0.717, 1.165) is 5.57 Å². The van der Waals surface area contributed by atoms with Gasteiger partial charge >= 0.3 is 11.9 Å². The standard InChI is InChI=1S/C27H38O10/c1-13(23(33)36-37-24(34)14(2)29)19-10-16(30)9-15-5-6-17-18-7-8-27(35,21(32)12-28)25(18,3)11-20(31)22(17)26(15,19)4/h9,13-14,17-20,22,28-29,31,35H,5-8,10-12H2,1-4H3/t13?,14?,17-,18-,19?,20-,22+,25-,26+,27-/m0/s1. The average Bonchev–Trinajstić information content (AvgIpc) is 3.11. The second-order valence-corrected chi connectivity index (χ2v) is 12.0. The van der Waals surface area contributed by atoms with Crippen LogP contribution < -0.4 is 0 Å². The number of allylic oxidation sites excluding steroid dienone is 1. The van der Waals surface area contributed by atoms with Gasteiger partial charge in [-0.2, -0.15) is 0 Å². The summed E-state index contributed by atoms with van der Waals surface area (Å²) in [5.74, 6) is -4.65. The lowest BCUT2D eigenvalue weighted by atomic mass is 9.42. The predicted molar refractivity (Wildman–Crippen MR) is 127 cm³/mol. The smallest absolute Gasteiger partial charge is 0.383 e. The van der Waals surface area contributed by atoms with E-state index >= 15 is 0 Å². The zero-order chi connectivity index (χ0) is 27.5. The Morgan fingerprint density at radius 2 is 1.78 bits per heavy atom. The first kappa shape index (κ1) is 27.9. The van der Waals surface area contributed by atoms with E-state index in [1.54, 1.807) is 13.0 Å². The normalized spacial score (nSPS) is 42.4. The van der Waals surface area contributed by atoms with Crippen LogP contribution in [0, 0.1) is 40.4 Å². The van der Waals surface area contributed by atoms with Gasteiger partial charge in [0.25, 0.3) is 0 Å². The summed E-state index contributed by atoms with van der Waals surface area (Å²) < 4.78 is 0. The van der Waals surface area contributed by atoms with Crippen molar-refractivity contribution < 1.29 is 49.4 Å². The van der Waals surface area contributed by atoms with Crippen LogP contribution in [-0.4, -0.2) is 68.3 Å². The van der Waals surface area contributed by atoms with E-state index in [4.69, 9.17) is 4.89 Å². The number of Topliss-reactive ketones (excluding diaryl/α,β-unsaturated/α-hetero) is 1. The summed E-state index contributed by atoms with van der Waals surface area (Å²) in [4.78, 5) is 59.0. The van der Waals surface area contributed by atoms with Crippen LogP contribution in [0.2, 0.25) is 0 Å². The molecule has 4 N–H and O–H groups in total. The number of ketones is 2. The fourth-order valence-electron chi connectivity index (χ4n) is 8.48. The summed E-state index contributed by atoms with van der Waals surface area (Å²) in [6, 6.07) is 0. The minimum atomic E-state index is -1.72. The number of carbonyl (C=O) groups is 4. The van der Waals surface area contributed by atoms with Gasteiger partial charge in [-0.3, -0.25) is 9.59 Å². The largest absolute Gasteiger partial charge is 0.393 e. The topological polar surface area (TPSA) is 168 Å². The minimum absolute atomic E-state index is 0.0470. The molecule has 206 valence electrons. The Morgan fingerprint density at radius 1 is 1.14 bits per heavy atom. The van der Waals surface area contributed by atoms with E-state index in [2.05, 4.69) is 4.89 Å².